The molecule has 52 heavy (non-hydrogen) atoms. The molecule has 0 saturated heterocycles. The quantitative estimate of drug-likeness (QED) is 0.146. The highest BCUT2D eigenvalue weighted by Crippen LogP contribution is 2.52. The number of para-hydroxylation sites is 2. The minimum atomic E-state index is -1.38. The summed E-state index contributed by atoms with van der Waals surface area (Å²) in [5.74, 6) is 1.72. The van der Waals surface area contributed by atoms with Crippen molar-refractivity contribution in [1.82, 2.24) is 19.5 Å². The highest BCUT2D eigenvalue weighted by Gasteiger charge is 2.39. The molecule has 8 aromatic rings. The van der Waals surface area contributed by atoms with Gasteiger partial charge in [-0.1, -0.05) is 113 Å². The van der Waals surface area contributed by atoms with Gasteiger partial charge in [0.1, 0.15) is 14.6 Å². The molecule has 6 heterocycles. The number of hydrogen-bond donors (Lipinski definition) is 1. The van der Waals surface area contributed by atoms with Gasteiger partial charge in [-0.2, -0.15) is 0 Å². The van der Waals surface area contributed by atoms with Gasteiger partial charge in [-0.25, -0.2) is 14.5 Å². The average molecular weight is 710 g/mol. The number of benzene rings is 4. The van der Waals surface area contributed by atoms with Crippen molar-refractivity contribution < 1.29 is 4.57 Å². The molecular formula is C43H35N7SSi+. The van der Waals surface area contributed by atoms with Crippen LogP contribution in [0.15, 0.2) is 156 Å². The van der Waals surface area contributed by atoms with E-state index in [2.05, 4.69) is 185 Å². The summed E-state index contributed by atoms with van der Waals surface area (Å²) in [7, 11) is 4.88. The lowest BCUT2D eigenvalue weighted by Gasteiger charge is -2.38. The van der Waals surface area contributed by atoms with Gasteiger partial charge in [0.25, 0.3) is 5.65 Å². The second kappa shape index (κ2) is 12.1. The fourth-order valence-corrected chi connectivity index (χ4v) is 12.5. The van der Waals surface area contributed by atoms with Gasteiger partial charge in [-0.3, -0.25) is 14.5 Å². The van der Waals surface area contributed by atoms with Crippen molar-refractivity contribution in [1.29, 1.82) is 0 Å². The Bertz CT molecular complexity index is 2600. The molecular weight excluding hydrogens is 675 g/mol. The number of nitrogens with one attached hydrogen (secondary N) is 1. The van der Waals surface area contributed by atoms with E-state index in [1.807, 2.05) is 18.1 Å². The van der Waals surface area contributed by atoms with E-state index < -0.39 is 8.80 Å². The maximum atomic E-state index is 5.73. The molecule has 0 saturated carbocycles. The van der Waals surface area contributed by atoms with Crippen LogP contribution < -0.4 is 24.7 Å². The molecule has 10 rings (SSSR count). The van der Waals surface area contributed by atoms with Crippen LogP contribution >= 0.6 is 11.8 Å². The van der Waals surface area contributed by atoms with E-state index in [0.29, 0.717) is 0 Å². The fraction of sp³-hybridized carbons (Fsp3) is 0.0930. The molecule has 4 aromatic carbocycles. The molecule has 7 nitrogen and oxygen atoms in total. The molecule has 1 atom stereocenters. The number of H-pyrrole nitrogens is 1. The number of imidazole rings is 1. The van der Waals surface area contributed by atoms with E-state index in [1.165, 1.54) is 25.7 Å². The lowest BCUT2D eigenvalue weighted by Crippen LogP contribution is -2.48. The van der Waals surface area contributed by atoms with Crippen LogP contribution in [-0.2, 0) is 14.1 Å². The lowest BCUT2D eigenvalue weighted by molar-refractivity contribution is -0.647. The first kappa shape index (κ1) is 30.9. The van der Waals surface area contributed by atoms with Crippen molar-refractivity contribution in [3.05, 3.63) is 157 Å². The minimum absolute atomic E-state index is 0.0925. The van der Waals surface area contributed by atoms with Crippen LogP contribution in [0.25, 0.3) is 22.4 Å². The molecule has 1 radical (unpaired) electrons. The topological polar surface area (TPSA) is 56.9 Å². The molecule has 1 unspecified atom stereocenters. The zero-order valence-corrected chi connectivity index (χ0v) is 30.8. The maximum Gasteiger partial charge on any atom is 0.268 e. The maximum absolute atomic E-state index is 5.73. The van der Waals surface area contributed by atoms with E-state index in [9.17, 15) is 0 Å². The normalized spacial score (nSPS) is 14.7. The first-order valence-corrected chi connectivity index (χ1v) is 19.9. The van der Waals surface area contributed by atoms with Gasteiger partial charge in [-0.05, 0) is 48.0 Å². The minimum Gasteiger partial charge on any atom is -0.340 e. The smallest absolute Gasteiger partial charge is 0.268 e. The zero-order valence-electron chi connectivity index (χ0n) is 29.0. The predicted octanol–water partition coefficient (Wildman–Crippen LogP) is 7.78. The van der Waals surface area contributed by atoms with Gasteiger partial charge >= 0.3 is 0 Å². The van der Waals surface area contributed by atoms with Crippen LogP contribution in [0.2, 0.25) is 0 Å². The third-order valence-corrected chi connectivity index (χ3v) is 14.6. The van der Waals surface area contributed by atoms with Crippen molar-refractivity contribution in [2.75, 3.05) is 16.8 Å². The Morgan fingerprint density at radius 2 is 1.38 bits per heavy atom. The first-order valence-electron chi connectivity index (χ1n) is 17.5. The van der Waals surface area contributed by atoms with Crippen LogP contribution in [0.4, 0.5) is 28.7 Å². The second-order valence-corrected chi connectivity index (χ2v) is 17.1. The summed E-state index contributed by atoms with van der Waals surface area (Å²) in [6.07, 6.45) is 4.15. The highest BCUT2D eigenvalue weighted by atomic mass is 32.2. The van der Waals surface area contributed by atoms with Crippen molar-refractivity contribution >= 4 is 70.8 Å². The Morgan fingerprint density at radius 1 is 0.692 bits per heavy atom. The Labute approximate surface area is 308 Å². The number of aromatic amines is 1. The van der Waals surface area contributed by atoms with Crippen molar-refractivity contribution in [3.8, 4) is 11.3 Å². The Balaban J connectivity index is 1.19. The number of anilines is 5. The van der Waals surface area contributed by atoms with Gasteiger partial charge in [0, 0.05) is 22.4 Å². The Morgan fingerprint density at radius 3 is 2.15 bits per heavy atom. The van der Waals surface area contributed by atoms with Crippen molar-refractivity contribution in [2.24, 2.45) is 14.1 Å². The molecule has 0 aliphatic carbocycles. The average Bonchev–Trinajstić information content (AvgIpc) is 3.75. The van der Waals surface area contributed by atoms with Crippen molar-refractivity contribution in [2.45, 2.75) is 15.3 Å². The van der Waals surface area contributed by atoms with Crippen LogP contribution in [0.1, 0.15) is 16.8 Å². The van der Waals surface area contributed by atoms with Crippen LogP contribution in [-0.4, -0.2) is 35.4 Å². The number of aryl methyl sites for hydroxylation is 2. The van der Waals surface area contributed by atoms with E-state index in [-0.39, 0.29) is 5.54 Å². The summed E-state index contributed by atoms with van der Waals surface area (Å²) in [6, 6.07) is 48.4. The van der Waals surface area contributed by atoms with Crippen LogP contribution in [0.5, 0.6) is 0 Å². The summed E-state index contributed by atoms with van der Waals surface area (Å²) in [5, 5.41) is 2.74. The number of hydrogen-bond acceptors (Lipinski definition) is 5. The van der Waals surface area contributed by atoms with E-state index in [0.717, 1.165) is 56.8 Å². The second-order valence-electron chi connectivity index (χ2n) is 13.4. The molecule has 251 valence electrons. The summed E-state index contributed by atoms with van der Waals surface area (Å²) >= 11 is 1.83. The molecule has 2 aliphatic rings. The molecule has 0 bridgehead atoms. The van der Waals surface area contributed by atoms with E-state index in [4.69, 9.17) is 9.97 Å². The highest BCUT2D eigenvalue weighted by molar-refractivity contribution is 7.99. The molecule has 0 fully saturated rings. The van der Waals surface area contributed by atoms with Gasteiger partial charge in [0.15, 0.2) is 17.7 Å². The molecule has 4 aromatic heterocycles. The predicted molar refractivity (Wildman–Crippen MR) is 213 cm³/mol. The number of pyridine rings is 2. The Hall–Kier alpha value is -5.90. The lowest BCUT2D eigenvalue weighted by atomic mass is 10.1. The van der Waals surface area contributed by atoms with E-state index >= 15 is 0 Å². The number of nitrogens with zero attached hydrogens (tertiary/aromatic N) is 6. The number of rotatable bonds is 5. The van der Waals surface area contributed by atoms with Gasteiger partial charge < -0.3 is 4.90 Å². The molecule has 0 spiro atoms. The largest absolute Gasteiger partial charge is 0.340 e. The summed E-state index contributed by atoms with van der Waals surface area (Å²) in [6.45, 7) is 0. The molecule has 2 aliphatic heterocycles. The molecule has 1 N–H and O–H groups in total. The molecule has 0 amide bonds. The monoisotopic (exact) mass is 709 g/mol. The van der Waals surface area contributed by atoms with E-state index in [1.54, 1.807) is 0 Å². The zero-order chi connectivity index (χ0) is 34.9. The Kier molecular flexibility index (Phi) is 7.19. The molecule has 9 heteroatoms. The summed E-state index contributed by atoms with van der Waals surface area (Å²) in [4.78, 5) is 21.7. The van der Waals surface area contributed by atoms with Crippen LogP contribution in [0.3, 0.4) is 0 Å². The third-order valence-electron chi connectivity index (χ3n) is 10.4. The summed E-state index contributed by atoms with van der Waals surface area (Å²) in [5.41, 5.74) is 9.90. The number of fused-ring (bicyclic) bond motifs is 5. The first-order chi connectivity index (χ1) is 25.5. The SMILES string of the molecule is CN1c2ccccc2N(c2ccc3c(n2)C([Si](c2ccccc2)c2ccccc2)c2ccccc2S3)c2nc(-c3cn(C)c4c3[nH]c[n+]4C)ccc21. The standard InChI is InChI=1S/C43H34N7SSi/c1-47-26-31(39-43(47)48(2)27-44-39)32-22-23-35-42(45-32)50(34-20-12-11-19-33(34)49(35)3)38-25-24-37-40(46-38)41(30-18-10-13-21-36(30)51-37)52(28-14-6-4-7-15-28)29-16-8-5-9-17-29/h4-27,41H,1-3H3/p+1. The van der Waals surface area contributed by atoms with Gasteiger partial charge in [0.05, 0.1) is 54.3 Å². The van der Waals surface area contributed by atoms with Gasteiger partial charge in [0.2, 0.25) is 0 Å². The number of aromatic nitrogens is 5. The van der Waals surface area contributed by atoms with Gasteiger partial charge in [-0.15, -0.1) is 0 Å². The van der Waals surface area contributed by atoms with Crippen LogP contribution in [0, 0.1) is 0 Å². The van der Waals surface area contributed by atoms with Crippen molar-refractivity contribution in [3.63, 3.8) is 0 Å². The third kappa shape index (κ3) is 4.77. The summed E-state index contributed by atoms with van der Waals surface area (Å²) < 4.78 is 4.26. The fourth-order valence-electron chi connectivity index (χ4n) is 8.00.